The fraction of sp³-hybridized carbons (Fsp3) is 0.500. The van der Waals surface area contributed by atoms with Gasteiger partial charge in [-0.05, 0) is 12.5 Å². The monoisotopic (exact) mass is 234 g/mol. The lowest BCUT2D eigenvalue weighted by molar-refractivity contribution is 0.363. The summed E-state index contributed by atoms with van der Waals surface area (Å²) in [4.78, 5) is 0. The Bertz CT molecular complexity index is 472. The molecule has 2 rings (SSSR count). The van der Waals surface area contributed by atoms with Crippen molar-refractivity contribution in [2.45, 2.75) is 39.9 Å². The molecule has 2 heterocycles. The van der Waals surface area contributed by atoms with Gasteiger partial charge in [-0.1, -0.05) is 19.0 Å². The van der Waals surface area contributed by atoms with Crippen LogP contribution in [0.1, 0.15) is 30.9 Å². The zero-order valence-electron chi connectivity index (χ0n) is 10.5. The van der Waals surface area contributed by atoms with Crippen molar-refractivity contribution in [2.24, 2.45) is 0 Å². The molecule has 5 nitrogen and oxygen atoms in total. The summed E-state index contributed by atoms with van der Waals surface area (Å²) in [6.45, 7) is 7.59. The third-order valence-corrected chi connectivity index (χ3v) is 2.38. The predicted octanol–water partition coefficient (Wildman–Crippen LogP) is 1.73. The summed E-state index contributed by atoms with van der Waals surface area (Å²) in [6.07, 6.45) is 3.81. The van der Waals surface area contributed by atoms with E-state index < -0.39 is 0 Å². The molecule has 0 unspecified atom stereocenters. The van der Waals surface area contributed by atoms with E-state index in [1.165, 1.54) is 0 Å². The molecular formula is C12H18N4O. The third kappa shape index (κ3) is 3.42. The average molecular weight is 234 g/mol. The first kappa shape index (κ1) is 11.9. The summed E-state index contributed by atoms with van der Waals surface area (Å²) >= 11 is 0. The van der Waals surface area contributed by atoms with Gasteiger partial charge < -0.3 is 9.84 Å². The van der Waals surface area contributed by atoms with Gasteiger partial charge in [0.05, 0.1) is 11.9 Å². The van der Waals surface area contributed by atoms with Crippen LogP contribution in [0.4, 0.5) is 0 Å². The molecule has 0 saturated carbocycles. The van der Waals surface area contributed by atoms with E-state index in [0.29, 0.717) is 12.6 Å². The molecule has 1 N–H and O–H groups in total. The van der Waals surface area contributed by atoms with Crippen molar-refractivity contribution in [2.75, 3.05) is 0 Å². The van der Waals surface area contributed by atoms with Gasteiger partial charge in [0.15, 0.2) is 5.76 Å². The van der Waals surface area contributed by atoms with Crippen molar-refractivity contribution in [3.05, 3.63) is 35.5 Å². The summed E-state index contributed by atoms with van der Waals surface area (Å²) < 4.78 is 7.10. The Morgan fingerprint density at radius 2 is 2.29 bits per heavy atom. The third-order valence-electron chi connectivity index (χ3n) is 2.38. The molecule has 0 bridgehead atoms. The number of hydrogen-bond donors (Lipinski definition) is 1. The normalized spacial score (nSPS) is 11.3. The minimum Gasteiger partial charge on any atom is -0.359 e. The van der Waals surface area contributed by atoms with Crippen molar-refractivity contribution >= 4 is 0 Å². The quantitative estimate of drug-likeness (QED) is 0.856. The molecule has 0 spiro atoms. The van der Waals surface area contributed by atoms with E-state index >= 15 is 0 Å². The zero-order chi connectivity index (χ0) is 12.3. The lowest BCUT2D eigenvalue weighted by Crippen LogP contribution is -2.21. The van der Waals surface area contributed by atoms with Crippen molar-refractivity contribution in [3.63, 3.8) is 0 Å². The van der Waals surface area contributed by atoms with Gasteiger partial charge in [-0.25, -0.2) is 0 Å². The Labute approximate surface area is 101 Å². The standard InChI is InChI=1S/C12H18N4O/c1-9(2)13-6-11-4-12(17-15-11)8-16-7-10(3)5-14-16/h4-5,7,9,13H,6,8H2,1-3H3. The SMILES string of the molecule is Cc1cnn(Cc2cc(CNC(C)C)no2)c1. The lowest BCUT2D eigenvalue weighted by Gasteiger charge is -2.03. The van der Waals surface area contributed by atoms with Crippen LogP contribution >= 0.6 is 0 Å². The summed E-state index contributed by atoms with van der Waals surface area (Å²) in [5.41, 5.74) is 2.07. The van der Waals surface area contributed by atoms with Gasteiger partial charge in [0.1, 0.15) is 6.54 Å². The molecule has 0 aliphatic carbocycles. The summed E-state index contributed by atoms with van der Waals surface area (Å²) in [7, 11) is 0. The first-order chi connectivity index (χ1) is 8.13. The smallest absolute Gasteiger partial charge is 0.158 e. The van der Waals surface area contributed by atoms with Crippen molar-refractivity contribution < 1.29 is 4.52 Å². The van der Waals surface area contributed by atoms with Gasteiger partial charge in [0.25, 0.3) is 0 Å². The van der Waals surface area contributed by atoms with Gasteiger partial charge >= 0.3 is 0 Å². The molecule has 0 amide bonds. The number of rotatable bonds is 5. The topological polar surface area (TPSA) is 55.9 Å². The molecule has 0 aliphatic rings. The minimum absolute atomic E-state index is 0.448. The van der Waals surface area contributed by atoms with Crippen LogP contribution in [-0.2, 0) is 13.1 Å². The van der Waals surface area contributed by atoms with Crippen molar-refractivity contribution in [1.29, 1.82) is 0 Å². The highest BCUT2D eigenvalue weighted by Gasteiger charge is 2.05. The van der Waals surface area contributed by atoms with Crippen LogP contribution < -0.4 is 5.32 Å². The second-order valence-electron chi connectivity index (χ2n) is 4.54. The zero-order valence-corrected chi connectivity index (χ0v) is 10.5. The molecule has 0 saturated heterocycles. The number of nitrogens with zero attached hydrogens (tertiary/aromatic N) is 3. The first-order valence-electron chi connectivity index (χ1n) is 5.80. The number of aryl methyl sites for hydroxylation is 1. The number of nitrogens with one attached hydrogen (secondary N) is 1. The Morgan fingerprint density at radius 3 is 2.94 bits per heavy atom. The molecule has 5 heteroatoms. The second-order valence-corrected chi connectivity index (χ2v) is 4.54. The Kier molecular flexibility index (Phi) is 3.58. The second kappa shape index (κ2) is 5.14. The van der Waals surface area contributed by atoms with Gasteiger partial charge in [-0.15, -0.1) is 0 Å². The molecule has 2 aromatic heterocycles. The molecule has 0 radical (unpaired) electrons. The van der Waals surface area contributed by atoms with Crippen LogP contribution in [-0.4, -0.2) is 21.0 Å². The number of aromatic nitrogens is 3. The Hall–Kier alpha value is -1.62. The maximum Gasteiger partial charge on any atom is 0.158 e. The highest BCUT2D eigenvalue weighted by atomic mass is 16.5. The molecule has 0 aliphatic heterocycles. The first-order valence-corrected chi connectivity index (χ1v) is 5.80. The van der Waals surface area contributed by atoms with Crippen LogP contribution in [0, 0.1) is 6.92 Å². The molecule has 0 atom stereocenters. The Balaban J connectivity index is 1.94. The van der Waals surface area contributed by atoms with Gasteiger partial charge in [0, 0.05) is 24.8 Å². The van der Waals surface area contributed by atoms with E-state index in [9.17, 15) is 0 Å². The molecule has 2 aromatic rings. The van der Waals surface area contributed by atoms with E-state index in [1.54, 1.807) is 0 Å². The maximum atomic E-state index is 5.26. The van der Waals surface area contributed by atoms with Crippen molar-refractivity contribution in [3.8, 4) is 0 Å². The molecule has 0 fully saturated rings. The van der Waals surface area contributed by atoms with E-state index in [4.69, 9.17) is 4.52 Å². The highest BCUT2D eigenvalue weighted by molar-refractivity contribution is 5.07. The number of hydrogen-bond acceptors (Lipinski definition) is 4. The van der Waals surface area contributed by atoms with E-state index in [0.717, 1.165) is 23.6 Å². The summed E-state index contributed by atoms with van der Waals surface area (Å²) in [6, 6.07) is 2.41. The van der Waals surface area contributed by atoms with E-state index in [1.807, 2.05) is 30.1 Å². The van der Waals surface area contributed by atoms with Crippen LogP contribution in [0.15, 0.2) is 23.0 Å². The molecular weight excluding hydrogens is 216 g/mol. The van der Waals surface area contributed by atoms with Crippen LogP contribution in [0.5, 0.6) is 0 Å². The molecule has 0 aromatic carbocycles. The largest absolute Gasteiger partial charge is 0.359 e. The van der Waals surface area contributed by atoms with Crippen molar-refractivity contribution in [1.82, 2.24) is 20.3 Å². The fourth-order valence-corrected chi connectivity index (χ4v) is 1.54. The average Bonchev–Trinajstić information content (AvgIpc) is 2.86. The van der Waals surface area contributed by atoms with Gasteiger partial charge in [0.2, 0.25) is 0 Å². The molecule has 17 heavy (non-hydrogen) atoms. The summed E-state index contributed by atoms with van der Waals surface area (Å²) in [5, 5.41) is 11.5. The van der Waals surface area contributed by atoms with Crippen LogP contribution in [0.3, 0.4) is 0 Å². The maximum absolute atomic E-state index is 5.26. The minimum atomic E-state index is 0.448. The summed E-state index contributed by atoms with van der Waals surface area (Å²) in [5.74, 6) is 0.827. The van der Waals surface area contributed by atoms with Gasteiger partial charge in [-0.3, -0.25) is 4.68 Å². The van der Waals surface area contributed by atoms with Gasteiger partial charge in [-0.2, -0.15) is 5.10 Å². The van der Waals surface area contributed by atoms with E-state index in [2.05, 4.69) is 29.4 Å². The lowest BCUT2D eigenvalue weighted by atomic mass is 10.3. The van der Waals surface area contributed by atoms with Crippen LogP contribution in [0.2, 0.25) is 0 Å². The Morgan fingerprint density at radius 1 is 1.47 bits per heavy atom. The highest BCUT2D eigenvalue weighted by Crippen LogP contribution is 2.06. The van der Waals surface area contributed by atoms with E-state index in [-0.39, 0.29) is 0 Å². The fourth-order valence-electron chi connectivity index (χ4n) is 1.54. The predicted molar refractivity (Wildman–Crippen MR) is 64.5 cm³/mol. The van der Waals surface area contributed by atoms with Crippen LogP contribution in [0.25, 0.3) is 0 Å². The molecule has 92 valence electrons.